The molecule has 1 aromatic rings. The van der Waals surface area contributed by atoms with Crippen LogP contribution >= 0.6 is 12.4 Å². The lowest BCUT2D eigenvalue weighted by Gasteiger charge is -2.16. The van der Waals surface area contributed by atoms with Gasteiger partial charge in [0.05, 0.1) is 0 Å². The first-order valence-corrected chi connectivity index (χ1v) is 5.60. The first kappa shape index (κ1) is 15.3. The van der Waals surface area contributed by atoms with Gasteiger partial charge in [-0.1, -0.05) is 32.0 Å². The van der Waals surface area contributed by atoms with Crippen molar-refractivity contribution in [3.63, 3.8) is 0 Å². The number of rotatable bonds is 5. The van der Waals surface area contributed by atoms with Crippen LogP contribution in [0.25, 0.3) is 0 Å². The SMILES string of the molecule is CC(C)CNC(C)Cc1ccccc1O.Cl. The third-order valence-corrected chi connectivity index (χ3v) is 2.39. The van der Waals surface area contributed by atoms with Gasteiger partial charge >= 0.3 is 0 Å². The van der Waals surface area contributed by atoms with E-state index in [0.717, 1.165) is 18.5 Å². The van der Waals surface area contributed by atoms with Crippen molar-refractivity contribution in [1.29, 1.82) is 0 Å². The van der Waals surface area contributed by atoms with Gasteiger partial charge in [0.1, 0.15) is 5.75 Å². The Labute approximate surface area is 104 Å². The zero-order chi connectivity index (χ0) is 11.3. The Bertz CT molecular complexity index is 302. The second-order valence-electron chi connectivity index (χ2n) is 4.54. The Balaban J connectivity index is 0.00000225. The van der Waals surface area contributed by atoms with E-state index in [-0.39, 0.29) is 12.4 Å². The van der Waals surface area contributed by atoms with Crippen LogP contribution in [0.1, 0.15) is 26.3 Å². The third kappa shape index (κ3) is 5.38. The Morgan fingerprint density at radius 2 is 1.81 bits per heavy atom. The minimum absolute atomic E-state index is 0. The molecule has 2 N–H and O–H groups in total. The van der Waals surface area contributed by atoms with E-state index in [9.17, 15) is 5.11 Å². The molecule has 0 aliphatic rings. The minimum Gasteiger partial charge on any atom is -0.508 e. The molecule has 0 aliphatic carbocycles. The molecule has 0 amide bonds. The van der Waals surface area contributed by atoms with Gasteiger partial charge in [-0.15, -0.1) is 12.4 Å². The van der Waals surface area contributed by atoms with Gasteiger partial charge in [0.25, 0.3) is 0 Å². The Morgan fingerprint density at radius 1 is 1.19 bits per heavy atom. The van der Waals surface area contributed by atoms with Crippen LogP contribution in [0.2, 0.25) is 0 Å². The highest BCUT2D eigenvalue weighted by Crippen LogP contribution is 2.17. The van der Waals surface area contributed by atoms with Crippen LogP contribution in [0.3, 0.4) is 0 Å². The summed E-state index contributed by atoms with van der Waals surface area (Å²) in [5.41, 5.74) is 1.02. The van der Waals surface area contributed by atoms with Crippen LogP contribution in [0.5, 0.6) is 5.75 Å². The molecule has 1 atom stereocenters. The zero-order valence-corrected chi connectivity index (χ0v) is 11.1. The molecule has 0 saturated heterocycles. The van der Waals surface area contributed by atoms with Crippen molar-refractivity contribution >= 4 is 12.4 Å². The fourth-order valence-corrected chi connectivity index (χ4v) is 1.52. The van der Waals surface area contributed by atoms with Crippen molar-refractivity contribution in [1.82, 2.24) is 5.32 Å². The van der Waals surface area contributed by atoms with E-state index in [4.69, 9.17) is 0 Å². The highest BCUT2D eigenvalue weighted by molar-refractivity contribution is 5.85. The lowest BCUT2D eigenvalue weighted by molar-refractivity contribution is 0.450. The molecule has 0 fully saturated rings. The molecule has 0 aliphatic heterocycles. The summed E-state index contributed by atoms with van der Waals surface area (Å²) in [6.07, 6.45) is 0.874. The second-order valence-corrected chi connectivity index (χ2v) is 4.54. The summed E-state index contributed by atoms with van der Waals surface area (Å²) in [7, 11) is 0. The zero-order valence-electron chi connectivity index (χ0n) is 10.2. The smallest absolute Gasteiger partial charge is 0.118 e. The summed E-state index contributed by atoms with van der Waals surface area (Å²) >= 11 is 0. The predicted octanol–water partition coefficient (Wildman–Crippen LogP) is 2.99. The molecule has 16 heavy (non-hydrogen) atoms. The average molecular weight is 244 g/mol. The number of phenolic OH excluding ortho intramolecular Hbond substituents is 1. The number of hydrogen-bond acceptors (Lipinski definition) is 2. The summed E-state index contributed by atoms with van der Waals surface area (Å²) < 4.78 is 0. The van der Waals surface area contributed by atoms with Crippen molar-refractivity contribution in [2.24, 2.45) is 5.92 Å². The van der Waals surface area contributed by atoms with Gasteiger partial charge in [0.15, 0.2) is 0 Å². The molecule has 0 radical (unpaired) electrons. The van der Waals surface area contributed by atoms with Crippen molar-refractivity contribution in [2.75, 3.05) is 6.54 Å². The molecule has 3 heteroatoms. The van der Waals surface area contributed by atoms with Crippen LogP contribution in [0.4, 0.5) is 0 Å². The van der Waals surface area contributed by atoms with E-state index >= 15 is 0 Å². The largest absolute Gasteiger partial charge is 0.508 e. The highest BCUT2D eigenvalue weighted by Gasteiger charge is 2.06. The van der Waals surface area contributed by atoms with E-state index in [0.29, 0.717) is 17.7 Å². The summed E-state index contributed by atoms with van der Waals surface area (Å²) in [6, 6.07) is 7.93. The fraction of sp³-hybridized carbons (Fsp3) is 0.538. The van der Waals surface area contributed by atoms with Crippen LogP contribution in [0.15, 0.2) is 24.3 Å². The van der Waals surface area contributed by atoms with E-state index in [1.165, 1.54) is 0 Å². The van der Waals surface area contributed by atoms with Gasteiger partial charge in [-0.3, -0.25) is 0 Å². The van der Waals surface area contributed by atoms with Crippen LogP contribution in [0, 0.1) is 5.92 Å². The maximum atomic E-state index is 9.61. The van der Waals surface area contributed by atoms with Gasteiger partial charge in [-0.2, -0.15) is 0 Å². The Kier molecular flexibility index (Phi) is 7.18. The molecule has 0 saturated carbocycles. The molecule has 1 unspecified atom stereocenters. The van der Waals surface area contributed by atoms with Crippen molar-refractivity contribution in [3.8, 4) is 5.75 Å². The number of halogens is 1. The van der Waals surface area contributed by atoms with Crippen molar-refractivity contribution in [3.05, 3.63) is 29.8 Å². The van der Waals surface area contributed by atoms with Gasteiger partial charge in [-0.25, -0.2) is 0 Å². The normalized spacial score (nSPS) is 12.2. The number of aromatic hydroxyl groups is 1. The van der Waals surface area contributed by atoms with E-state index in [1.807, 2.05) is 18.2 Å². The van der Waals surface area contributed by atoms with Gasteiger partial charge in [-0.05, 0) is 37.4 Å². The maximum Gasteiger partial charge on any atom is 0.118 e. The second kappa shape index (κ2) is 7.53. The van der Waals surface area contributed by atoms with Crippen molar-refractivity contribution < 1.29 is 5.11 Å². The molecular weight excluding hydrogens is 222 g/mol. The Hall–Kier alpha value is -0.730. The van der Waals surface area contributed by atoms with Gasteiger partial charge in [0.2, 0.25) is 0 Å². The molecule has 2 nitrogen and oxygen atoms in total. The summed E-state index contributed by atoms with van der Waals surface area (Å²) in [5.74, 6) is 1.06. The monoisotopic (exact) mass is 243 g/mol. The highest BCUT2D eigenvalue weighted by atomic mass is 35.5. The predicted molar refractivity (Wildman–Crippen MR) is 71.4 cm³/mol. The first-order chi connectivity index (χ1) is 7.09. The molecule has 0 aromatic heterocycles. The molecule has 0 spiro atoms. The molecular formula is C13H22ClNO. The summed E-state index contributed by atoms with van der Waals surface area (Å²) in [6.45, 7) is 7.56. The maximum absolute atomic E-state index is 9.61. The van der Waals surface area contributed by atoms with E-state index in [1.54, 1.807) is 6.07 Å². The minimum atomic E-state index is 0. The summed E-state index contributed by atoms with van der Waals surface area (Å²) in [4.78, 5) is 0. The van der Waals surface area contributed by atoms with E-state index in [2.05, 4.69) is 26.1 Å². The van der Waals surface area contributed by atoms with Gasteiger partial charge in [0, 0.05) is 6.04 Å². The Morgan fingerprint density at radius 3 is 2.38 bits per heavy atom. The molecule has 0 heterocycles. The topological polar surface area (TPSA) is 32.3 Å². The quantitative estimate of drug-likeness (QED) is 0.834. The standard InChI is InChI=1S/C13H21NO.ClH/c1-10(2)9-14-11(3)8-12-6-4-5-7-13(12)15;/h4-7,10-11,14-15H,8-9H2,1-3H3;1H. The van der Waals surface area contributed by atoms with Crippen LogP contribution in [-0.4, -0.2) is 17.7 Å². The summed E-state index contributed by atoms with van der Waals surface area (Å²) in [5, 5.41) is 13.1. The van der Waals surface area contributed by atoms with Crippen molar-refractivity contribution in [2.45, 2.75) is 33.2 Å². The van der Waals surface area contributed by atoms with E-state index < -0.39 is 0 Å². The lowest BCUT2D eigenvalue weighted by atomic mass is 10.1. The number of hydrogen-bond donors (Lipinski definition) is 2. The average Bonchev–Trinajstić information content (AvgIpc) is 2.18. The number of para-hydroxylation sites is 1. The van der Waals surface area contributed by atoms with Crippen LogP contribution < -0.4 is 5.32 Å². The molecule has 0 bridgehead atoms. The molecule has 1 aromatic carbocycles. The number of nitrogens with one attached hydrogen (secondary N) is 1. The fourth-order valence-electron chi connectivity index (χ4n) is 1.52. The first-order valence-electron chi connectivity index (χ1n) is 5.60. The molecule has 1 rings (SSSR count). The molecule has 92 valence electrons. The van der Waals surface area contributed by atoms with Crippen LogP contribution in [-0.2, 0) is 6.42 Å². The third-order valence-electron chi connectivity index (χ3n) is 2.39. The van der Waals surface area contributed by atoms with Gasteiger partial charge < -0.3 is 10.4 Å². The number of benzene rings is 1. The lowest BCUT2D eigenvalue weighted by Crippen LogP contribution is -2.31. The number of phenols is 1.